The Morgan fingerprint density at radius 3 is 2.57 bits per heavy atom. The Morgan fingerprint density at radius 2 is 1.90 bits per heavy atom. The summed E-state index contributed by atoms with van der Waals surface area (Å²) in [6.07, 6.45) is 1.30. The standard InChI is InChI=1S/C22H16ClN3O4/c1-13-4-6-17(11-19(13)23)25-22(27)16(12-24)9-18-7-8-21(30-18)15-5-3-14(2)20(10-15)26(28)29/h3-11H,1-2H3,(H,25,27)/b16-9-. The minimum absolute atomic E-state index is 0.0187. The molecule has 0 unspecified atom stereocenters. The number of halogens is 1. The highest BCUT2D eigenvalue weighted by Crippen LogP contribution is 2.29. The largest absolute Gasteiger partial charge is 0.457 e. The van der Waals surface area contributed by atoms with Gasteiger partial charge in [-0.05, 0) is 43.7 Å². The number of carbonyl (C=O) groups excluding carboxylic acids is 1. The van der Waals surface area contributed by atoms with Gasteiger partial charge in [-0.2, -0.15) is 5.26 Å². The Labute approximate surface area is 177 Å². The smallest absolute Gasteiger partial charge is 0.273 e. The van der Waals surface area contributed by atoms with Gasteiger partial charge in [0.15, 0.2) is 0 Å². The average Bonchev–Trinajstić information content (AvgIpc) is 3.17. The van der Waals surface area contributed by atoms with Crippen molar-refractivity contribution in [2.45, 2.75) is 13.8 Å². The van der Waals surface area contributed by atoms with Crippen molar-refractivity contribution in [2.75, 3.05) is 5.32 Å². The van der Waals surface area contributed by atoms with Crippen LogP contribution in [-0.2, 0) is 4.79 Å². The summed E-state index contributed by atoms with van der Waals surface area (Å²) in [4.78, 5) is 23.1. The number of rotatable bonds is 5. The van der Waals surface area contributed by atoms with E-state index in [2.05, 4.69) is 5.32 Å². The van der Waals surface area contributed by atoms with Gasteiger partial charge in [0.05, 0.1) is 4.92 Å². The van der Waals surface area contributed by atoms with Gasteiger partial charge in [-0.1, -0.05) is 29.8 Å². The van der Waals surface area contributed by atoms with Crippen LogP contribution in [-0.4, -0.2) is 10.8 Å². The Kier molecular flexibility index (Phi) is 6.00. The van der Waals surface area contributed by atoms with E-state index in [-0.39, 0.29) is 17.0 Å². The first-order valence-corrected chi connectivity index (χ1v) is 9.21. The minimum Gasteiger partial charge on any atom is -0.457 e. The summed E-state index contributed by atoms with van der Waals surface area (Å²) >= 11 is 6.05. The lowest BCUT2D eigenvalue weighted by atomic mass is 10.1. The molecule has 3 aromatic rings. The number of furan rings is 1. The second-order valence-corrected chi connectivity index (χ2v) is 6.96. The molecule has 1 aromatic heterocycles. The number of amides is 1. The summed E-state index contributed by atoms with van der Waals surface area (Å²) in [6, 6.07) is 14.8. The third-order valence-corrected chi connectivity index (χ3v) is 4.81. The lowest BCUT2D eigenvalue weighted by Gasteiger charge is -2.06. The van der Waals surface area contributed by atoms with E-state index in [9.17, 15) is 20.2 Å². The summed E-state index contributed by atoms with van der Waals surface area (Å²) in [5, 5.41) is 23.6. The molecule has 2 aromatic carbocycles. The molecule has 1 N–H and O–H groups in total. The van der Waals surface area contributed by atoms with Gasteiger partial charge in [0.25, 0.3) is 11.6 Å². The molecule has 0 radical (unpaired) electrons. The Balaban J connectivity index is 1.84. The van der Waals surface area contributed by atoms with Gasteiger partial charge < -0.3 is 9.73 Å². The van der Waals surface area contributed by atoms with Crippen LogP contribution < -0.4 is 5.32 Å². The maximum absolute atomic E-state index is 12.4. The SMILES string of the molecule is Cc1ccc(NC(=O)/C(C#N)=C\c2ccc(-c3ccc(C)c([N+](=O)[O-])c3)o2)cc1Cl. The molecular weight excluding hydrogens is 406 g/mol. The van der Waals surface area contributed by atoms with Crippen LogP contribution in [0.5, 0.6) is 0 Å². The molecular formula is C22H16ClN3O4. The van der Waals surface area contributed by atoms with Crippen molar-refractivity contribution < 1.29 is 14.1 Å². The number of carbonyl (C=O) groups is 1. The molecule has 0 aliphatic rings. The van der Waals surface area contributed by atoms with Crippen LogP contribution in [0.15, 0.2) is 58.5 Å². The van der Waals surface area contributed by atoms with Crippen molar-refractivity contribution in [3.05, 3.63) is 86.1 Å². The van der Waals surface area contributed by atoms with Crippen LogP contribution in [0.3, 0.4) is 0 Å². The zero-order valence-corrected chi connectivity index (χ0v) is 16.9. The van der Waals surface area contributed by atoms with E-state index in [0.717, 1.165) is 5.56 Å². The van der Waals surface area contributed by atoms with Crippen molar-refractivity contribution >= 4 is 35.0 Å². The molecule has 150 valence electrons. The summed E-state index contributed by atoms with van der Waals surface area (Å²) in [6.45, 7) is 3.49. The first-order valence-electron chi connectivity index (χ1n) is 8.83. The number of hydrogen-bond donors (Lipinski definition) is 1. The summed E-state index contributed by atoms with van der Waals surface area (Å²) in [5.41, 5.74) is 2.20. The Hall–Kier alpha value is -3.89. The highest BCUT2D eigenvalue weighted by molar-refractivity contribution is 6.31. The van der Waals surface area contributed by atoms with Gasteiger partial charge >= 0.3 is 0 Å². The zero-order chi connectivity index (χ0) is 21.8. The minimum atomic E-state index is -0.610. The zero-order valence-electron chi connectivity index (χ0n) is 16.1. The monoisotopic (exact) mass is 421 g/mol. The second-order valence-electron chi connectivity index (χ2n) is 6.55. The average molecular weight is 422 g/mol. The van der Waals surface area contributed by atoms with E-state index in [1.807, 2.05) is 13.0 Å². The second kappa shape index (κ2) is 8.64. The summed E-state index contributed by atoms with van der Waals surface area (Å²) < 4.78 is 5.66. The van der Waals surface area contributed by atoms with E-state index in [0.29, 0.717) is 27.6 Å². The lowest BCUT2D eigenvalue weighted by Crippen LogP contribution is -2.13. The number of nitro benzene ring substituents is 1. The number of nitriles is 1. The molecule has 1 heterocycles. The highest BCUT2D eigenvalue weighted by Gasteiger charge is 2.15. The number of anilines is 1. The van der Waals surface area contributed by atoms with Gasteiger partial charge in [0.2, 0.25) is 0 Å². The number of benzene rings is 2. The molecule has 0 aliphatic heterocycles. The van der Waals surface area contributed by atoms with Crippen LogP contribution >= 0.6 is 11.6 Å². The number of nitrogens with one attached hydrogen (secondary N) is 1. The highest BCUT2D eigenvalue weighted by atomic mass is 35.5. The quantitative estimate of drug-likeness (QED) is 0.247. The number of nitro groups is 1. The van der Waals surface area contributed by atoms with Crippen molar-refractivity contribution in [1.82, 2.24) is 0 Å². The third-order valence-electron chi connectivity index (χ3n) is 4.40. The Bertz CT molecular complexity index is 1220. The van der Waals surface area contributed by atoms with Crippen molar-refractivity contribution in [3.8, 4) is 17.4 Å². The van der Waals surface area contributed by atoms with Crippen LogP contribution in [0.4, 0.5) is 11.4 Å². The van der Waals surface area contributed by atoms with Crippen LogP contribution in [0.2, 0.25) is 5.02 Å². The molecule has 3 rings (SSSR count). The van der Waals surface area contributed by atoms with Gasteiger partial charge in [0, 0.05) is 34.0 Å². The first-order chi connectivity index (χ1) is 14.3. The van der Waals surface area contributed by atoms with Gasteiger partial charge in [-0.15, -0.1) is 0 Å². The van der Waals surface area contributed by atoms with Gasteiger partial charge in [-0.25, -0.2) is 0 Å². The molecule has 30 heavy (non-hydrogen) atoms. The molecule has 0 saturated heterocycles. The number of aryl methyl sites for hydroxylation is 2. The molecule has 1 amide bonds. The van der Waals surface area contributed by atoms with E-state index in [4.69, 9.17) is 16.0 Å². The predicted octanol–water partition coefficient (Wildman–Crippen LogP) is 5.67. The van der Waals surface area contributed by atoms with E-state index in [1.54, 1.807) is 49.4 Å². The van der Waals surface area contributed by atoms with Crippen LogP contribution in [0.1, 0.15) is 16.9 Å². The maximum Gasteiger partial charge on any atom is 0.273 e. The van der Waals surface area contributed by atoms with Crippen LogP contribution in [0, 0.1) is 35.3 Å². The van der Waals surface area contributed by atoms with Crippen molar-refractivity contribution in [1.29, 1.82) is 5.26 Å². The van der Waals surface area contributed by atoms with Gasteiger partial charge in [0.1, 0.15) is 23.2 Å². The molecule has 0 atom stereocenters. The Morgan fingerprint density at radius 1 is 1.17 bits per heavy atom. The maximum atomic E-state index is 12.4. The van der Waals surface area contributed by atoms with Crippen LogP contribution in [0.25, 0.3) is 17.4 Å². The predicted molar refractivity (Wildman–Crippen MR) is 114 cm³/mol. The fraction of sp³-hybridized carbons (Fsp3) is 0.0909. The number of hydrogen-bond acceptors (Lipinski definition) is 5. The van der Waals surface area contributed by atoms with Crippen molar-refractivity contribution in [2.24, 2.45) is 0 Å². The number of nitrogens with zero attached hydrogens (tertiary/aromatic N) is 2. The van der Waals surface area contributed by atoms with E-state index in [1.165, 1.54) is 12.1 Å². The normalized spacial score (nSPS) is 11.1. The summed E-state index contributed by atoms with van der Waals surface area (Å²) in [5.74, 6) is 0.0376. The summed E-state index contributed by atoms with van der Waals surface area (Å²) in [7, 11) is 0. The van der Waals surface area contributed by atoms with E-state index < -0.39 is 10.8 Å². The molecule has 0 fully saturated rings. The molecule has 0 saturated carbocycles. The molecule has 0 spiro atoms. The third kappa shape index (κ3) is 4.57. The fourth-order valence-corrected chi connectivity index (χ4v) is 2.89. The van der Waals surface area contributed by atoms with Crippen molar-refractivity contribution in [3.63, 3.8) is 0 Å². The first kappa shape index (κ1) is 20.8. The topological polar surface area (TPSA) is 109 Å². The molecule has 0 bridgehead atoms. The van der Waals surface area contributed by atoms with E-state index >= 15 is 0 Å². The molecule has 0 aliphatic carbocycles. The molecule has 8 heteroatoms. The fourth-order valence-electron chi connectivity index (χ4n) is 2.70. The lowest BCUT2D eigenvalue weighted by molar-refractivity contribution is -0.385. The molecule has 7 nitrogen and oxygen atoms in total. The van der Waals surface area contributed by atoms with Gasteiger partial charge in [-0.3, -0.25) is 14.9 Å².